The number of benzene rings is 2. The van der Waals surface area contributed by atoms with Crippen LogP contribution in [0.2, 0.25) is 5.02 Å². The summed E-state index contributed by atoms with van der Waals surface area (Å²) in [5, 5.41) is 21.3. The Morgan fingerprint density at radius 2 is 1.07 bits per heavy atom. The maximum atomic E-state index is 14.6. The Hall–Kier alpha value is -7.62. The molecule has 0 N–H and O–H groups in total. The number of thiazole rings is 2. The molecule has 4 aliphatic heterocycles. The first-order valence-corrected chi connectivity index (χ1v) is 27.5. The smallest absolute Gasteiger partial charge is 0.282 e. The van der Waals surface area contributed by atoms with Crippen molar-refractivity contribution in [1.29, 1.82) is 0 Å². The van der Waals surface area contributed by atoms with Gasteiger partial charge in [-0.3, -0.25) is 19.0 Å². The van der Waals surface area contributed by atoms with Gasteiger partial charge in [-0.2, -0.15) is 10.2 Å². The van der Waals surface area contributed by atoms with Crippen LogP contribution >= 0.6 is 34.3 Å². The van der Waals surface area contributed by atoms with Crippen molar-refractivity contribution in [3.05, 3.63) is 125 Å². The number of terminal acetylenes is 2. The number of aromatic nitrogens is 6. The second kappa shape index (κ2) is 26.5. The van der Waals surface area contributed by atoms with Gasteiger partial charge in [0.1, 0.15) is 77.8 Å². The van der Waals surface area contributed by atoms with E-state index in [1.165, 1.54) is 44.6 Å². The van der Waals surface area contributed by atoms with Crippen LogP contribution in [0, 0.1) is 30.5 Å². The molecule has 28 heteroatoms. The summed E-state index contributed by atoms with van der Waals surface area (Å²) < 4.78 is 132. The number of piperidine rings is 2. The molecule has 4 aliphatic rings. The molecule has 2 unspecified atom stereocenters. The van der Waals surface area contributed by atoms with Crippen LogP contribution in [0.4, 0.5) is 39.5 Å². The minimum Gasteiger partial charge on any atom is -0.480 e. The zero-order chi connectivity index (χ0) is 58.2. The maximum Gasteiger partial charge on any atom is 0.282 e. The molecule has 16 nitrogen and oxygen atoms in total. The summed E-state index contributed by atoms with van der Waals surface area (Å²) >= 11 is 9.36. The van der Waals surface area contributed by atoms with Crippen molar-refractivity contribution in [1.82, 2.24) is 39.3 Å². The Morgan fingerprint density at radius 3 is 1.50 bits per heavy atom. The van der Waals surface area contributed by atoms with Gasteiger partial charge in [0.15, 0.2) is 12.2 Å². The highest BCUT2D eigenvalue weighted by Crippen LogP contribution is 2.42. The van der Waals surface area contributed by atoms with Crippen molar-refractivity contribution in [2.75, 3.05) is 39.4 Å². The van der Waals surface area contributed by atoms with Crippen LogP contribution in [0.1, 0.15) is 144 Å². The fourth-order valence-corrected chi connectivity index (χ4v) is 12.0. The summed E-state index contributed by atoms with van der Waals surface area (Å²) in [6, 6.07) is 11.0. The Balaban J connectivity index is 0.000000198. The Morgan fingerprint density at radius 1 is 0.646 bits per heavy atom. The number of likely N-dealkylation sites (tertiary alicyclic amines) is 2. The number of carbonyl (C=O) groups excluding carboxylic acids is 2. The minimum absolute atomic E-state index is 0.0175. The molecule has 10 rings (SSSR count). The van der Waals surface area contributed by atoms with Crippen LogP contribution in [-0.2, 0) is 32.4 Å². The van der Waals surface area contributed by atoms with Gasteiger partial charge in [0, 0.05) is 61.6 Å². The molecule has 2 saturated heterocycles. The van der Waals surface area contributed by atoms with E-state index in [2.05, 4.69) is 32.3 Å². The van der Waals surface area contributed by atoms with E-state index in [9.17, 15) is 49.1 Å². The topological polar surface area (TPSA) is 164 Å². The second-order valence-electron chi connectivity index (χ2n) is 18.9. The van der Waals surface area contributed by atoms with Gasteiger partial charge in [0.2, 0.25) is 11.8 Å². The molecule has 432 valence electrons. The zero-order valence-corrected chi connectivity index (χ0v) is 45.4. The van der Waals surface area contributed by atoms with Crippen molar-refractivity contribution in [3.8, 4) is 36.2 Å². The summed E-state index contributed by atoms with van der Waals surface area (Å²) in [6.07, 6.45) is 0.463. The van der Waals surface area contributed by atoms with Crippen LogP contribution in [0.15, 0.2) is 69.6 Å². The van der Waals surface area contributed by atoms with Gasteiger partial charge in [-0.25, -0.2) is 49.5 Å². The first kappa shape index (κ1) is 59.0. The predicted molar refractivity (Wildman–Crippen MR) is 282 cm³/mol. The molecule has 0 saturated carbocycles. The van der Waals surface area contributed by atoms with Gasteiger partial charge >= 0.3 is 0 Å². The molecule has 4 aromatic heterocycles. The number of hydrogen-bond donors (Lipinski definition) is 0. The highest BCUT2D eigenvalue weighted by molar-refractivity contribution is 7.10. The number of carbonyl (C=O) groups is 2. The summed E-state index contributed by atoms with van der Waals surface area (Å²) in [5.41, 5.74) is 0.447. The van der Waals surface area contributed by atoms with Gasteiger partial charge in [-0.05, 0) is 62.1 Å². The van der Waals surface area contributed by atoms with E-state index < -0.39 is 91.4 Å². The van der Waals surface area contributed by atoms with E-state index in [1.807, 2.05) is 10.8 Å². The highest BCUT2D eigenvalue weighted by Gasteiger charge is 2.35. The van der Waals surface area contributed by atoms with E-state index in [0.29, 0.717) is 119 Å². The van der Waals surface area contributed by atoms with Crippen molar-refractivity contribution < 1.29 is 68.3 Å². The van der Waals surface area contributed by atoms with Gasteiger partial charge in [0.25, 0.3) is 25.7 Å². The van der Waals surface area contributed by atoms with E-state index in [1.54, 1.807) is 24.3 Å². The van der Waals surface area contributed by atoms with Crippen molar-refractivity contribution in [3.63, 3.8) is 0 Å². The van der Waals surface area contributed by atoms with Crippen molar-refractivity contribution >= 4 is 57.5 Å². The van der Waals surface area contributed by atoms with Crippen LogP contribution in [0.3, 0.4) is 0 Å². The summed E-state index contributed by atoms with van der Waals surface area (Å²) in [5.74, 6) is 4.33. The van der Waals surface area contributed by atoms with Crippen molar-refractivity contribution in [2.45, 2.75) is 101 Å². The van der Waals surface area contributed by atoms with E-state index in [0.717, 1.165) is 10.0 Å². The molecule has 8 heterocycles. The van der Waals surface area contributed by atoms with Gasteiger partial charge < -0.3 is 28.9 Å². The van der Waals surface area contributed by atoms with E-state index >= 15 is 0 Å². The number of nitrogens with zero attached hydrogens (tertiary/aromatic N) is 10. The number of hydrogen-bond acceptors (Lipinski definition) is 14. The summed E-state index contributed by atoms with van der Waals surface area (Å²) in [7, 11) is 0. The molecule has 2 aromatic carbocycles. The fraction of sp³-hybridized carbons (Fsp3) is 0.407. The number of rotatable bonds is 18. The molecule has 2 fully saturated rings. The molecular formula is C54H48ClF9N10O6S2. The Kier molecular flexibility index (Phi) is 19.1. The fourth-order valence-electron chi connectivity index (χ4n) is 9.66. The monoisotopic (exact) mass is 1200 g/mol. The molecule has 0 radical (unpaired) electrons. The lowest BCUT2D eigenvalue weighted by Crippen LogP contribution is -2.40. The lowest BCUT2D eigenvalue weighted by molar-refractivity contribution is -0.134. The highest BCUT2D eigenvalue weighted by atomic mass is 35.5. The number of ether oxygens (including phenoxy) is 2. The van der Waals surface area contributed by atoms with E-state index in [4.69, 9.17) is 53.6 Å². The van der Waals surface area contributed by atoms with Crippen LogP contribution in [-0.4, -0.2) is 102 Å². The lowest BCUT2D eigenvalue weighted by Gasteiger charge is -2.31. The lowest BCUT2D eigenvalue weighted by atomic mass is 9.97. The van der Waals surface area contributed by atoms with E-state index in [-0.39, 0.29) is 42.8 Å². The molecule has 2 amide bonds. The van der Waals surface area contributed by atoms with Gasteiger partial charge in [-0.1, -0.05) is 45.9 Å². The van der Waals surface area contributed by atoms with Crippen LogP contribution in [0.25, 0.3) is 0 Å². The normalized spacial score (nSPS) is 17.6. The molecule has 0 aliphatic carbocycles. The summed E-state index contributed by atoms with van der Waals surface area (Å²) in [4.78, 5) is 49.2. The average molecular weight is 1200 g/mol. The zero-order valence-electron chi connectivity index (χ0n) is 43.0. The third kappa shape index (κ3) is 13.6. The molecule has 0 bridgehead atoms. The third-order valence-electron chi connectivity index (χ3n) is 13.8. The van der Waals surface area contributed by atoms with Crippen LogP contribution < -0.4 is 9.47 Å². The SMILES string of the molecule is C#CCOc1cccc(Cl)c1C1CC(c2csc(C3CCN(C(=O)Cn4nc(C(F)F)cc4C(F)F)CC3)n2)=NO1.C#CCOc1cccc(F)c1C1CC(c2csc(C3CCN(C(=O)Cn4nc(C(F)F)cc4C(F)F)CC3)n2)=NO1. The molecule has 82 heavy (non-hydrogen) atoms. The summed E-state index contributed by atoms with van der Waals surface area (Å²) in [6.45, 7) is 0.465. The molecule has 6 aromatic rings. The largest absolute Gasteiger partial charge is 0.480 e. The molecule has 2 atom stereocenters. The van der Waals surface area contributed by atoms with Crippen LogP contribution in [0.5, 0.6) is 11.5 Å². The minimum atomic E-state index is -3.03. The Bertz CT molecular complexity index is 3180. The molecular weight excluding hydrogens is 1160 g/mol. The van der Waals surface area contributed by atoms with Gasteiger partial charge in [-0.15, -0.1) is 35.5 Å². The standard InChI is InChI=1S/C27H24ClF4N5O3S.C27H24F5N5O3S/c2*1-2-10-39-21-5-3-4-16(28)24(21)22-12-17(35-40-22)19-14-41-27(33-19)15-6-8-36(9-7-15)23(38)13-37-20(26(31)32)11-18(34-37)25(29)30/h2*1,3-5,11,14-15,22,25-26H,6-10,12-13H2. The Labute approximate surface area is 475 Å². The van der Waals surface area contributed by atoms with Gasteiger partial charge in [0.05, 0.1) is 37.6 Å². The number of amides is 2. The first-order valence-electron chi connectivity index (χ1n) is 25.4. The van der Waals surface area contributed by atoms with Crippen molar-refractivity contribution in [2.24, 2.45) is 10.3 Å². The number of halogens is 10. The quantitative estimate of drug-likeness (QED) is 0.0598. The number of alkyl halides is 8. The predicted octanol–water partition coefficient (Wildman–Crippen LogP) is 11.8. The number of oxime groups is 2. The molecule has 0 spiro atoms. The maximum absolute atomic E-state index is 14.6. The first-order chi connectivity index (χ1) is 39.5. The second-order valence-corrected chi connectivity index (χ2v) is 21.1. The third-order valence-corrected chi connectivity index (χ3v) is 16.1. The average Bonchev–Trinajstić information content (AvgIpc) is 4.53.